The Labute approximate surface area is 75.7 Å². The Hall–Kier alpha value is -0.780. The molecule has 0 atom stereocenters. The van der Waals surface area contributed by atoms with E-state index in [1.165, 1.54) is 19.3 Å². The third kappa shape index (κ3) is 4.95. The molecule has 0 amide bonds. The van der Waals surface area contributed by atoms with Crippen LogP contribution in [0.2, 0.25) is 0 Å². The third-order valence-electron chi connectivity index (χ3n) is 1.95. The minimum absolute atomic E-state index is 1.14. The maximum atomic E-state index is 3.32. The lowest BCUT2D eigenvalue weighted by molar-refractivity contribution is 0.751. The van der Waals surface area contributed by atoms with E-state index in [2.05, 4.69) is 36.5 Å². The van der Waals surface area contributed by atoms with E-state index in [0.717, 1.165) is 19.3 Å². The van der Waals surface area contributed by atoms with Crippen molar-refractivity contribution in [3.8, 4) is 0 Å². The van der Waals surface area contributed by atoms with Crippen LogP contribution in [0, 0.1) is 6.08 Å². The lowest BCUT2D eigenvalue weighted by Crippen LogP contribution is -1.74. The van der Waals surface area contributed by atoms with Crippen molar-refractivity contribution in [2.75, 3.05) is 0 Å². The molecule has 0 aliphatic heterocycles. The Bertz CT molecular complexity index is 172. The number of allylic oxidation sites excluding steroid dienone is 6. The molecule has 0 heterocycles. The second-order valence-electron chi connectivity index (χ2n) is 3.09. The predicted octanol–water partition coefficient (Wildman–Crippen LogP) is 3.81. The summed E-state index contributed by atoms with van der Waals surface area (Å²) in [5.41, 5.74) is 0. The van der Waals surface area contributed by atoms with Crippen molar-refractivity contribution in [1.82, 2.24) is 0 Å². The summed E-state index contributed by atoms with van der Waals surface area (Å²) in [4.78, 5) is 0. The van der Waals surface area contributed by atoms with Gasteiger partial charge in [0, 0.05) is 0 Å². The summed E-state index contributed by atoms with van der Waals surface area (Å²) in [6.07, 6.45) is 21.5. The summed E-state index contributed by atoms with van der Waals surface area (Å²) in [5, 5.41) is 0. The fourth-order valence-electron chi connectivity index (χ4n) is 1.22. The molecule has 0 saturated carbocycles. The smallest absolute Gasteiger partial charge is 0.0279 e. The first-order chi connectivity index (χ1) is 6.00. The van der Waals surface area contributed by atoms with Gasteiger partial charge in [-0.1, -0.05) is 30.4 Å². The second-order valence-corrected chi connectivity index (χ2v) is 3.09. The van der Waals surface area contributed by atoms with E-state index in [9.17, 15) is 0 Å². The SMILES string of the molecule is [C]1=C\CC/C=C\C=C\CCCC/1. The van der Waals surface area contributed by atoms with Crippen molar-refractivity contribution in [3.05, 3.63) is 36.5 Å². The summed E-state index contributed by atoms with van der Waals surface area (Å²) in [7, 11) is 0. The van der Waals surface area contributed by atoms with Gasteiger partial charge in [0.25, 0.3) is 0 Å². The predicted molar refractivity (Wildman–Crippen MR) is 53.8 cm³/mol. The molecule has 0 bridgehead atoms. The van der Waals surface area contributed by atoms with E-state index in [0.29, 0.717) is 0 Å². The number of hydrogen-bond donors (Lipinski definition) is 0. The molecule has 0 saturated heterocycles. The van der Waals surface area contributed by atoms with Gasteiger partial charge in [0.2, 0.25) is 0 Å². The molecule has 1 radical (unpaired) electrons. The van der Waals surface area contributed by atoms with Crippen LogP contribution in [0.15, 0.2) is 30.4 Å². The molecule has 0 unspecified atom stereocenters. The fraction of sp³-hybridized carbons (Fsp3) is 0.500. The summed E-state index contributed by atoms with van der Waals surface area (Å²) >= 11 is 0. The van der Waals surface area contributed by atoms with E-state index in [-0.39, 0.29) is 0 Å². The highest BCUT2D eigenvalue weighted by molar-refractivity contribution is 5.02. The highest BCUT2D eigenvalue weighted by Crippen LogP contribution is 2.03. The molecule has 0 spiro atoms. The standard InChI is InChI=1S/C12H17/c1-2-4-6-8-10-12-11-9-7-5-3-1/h1-4,9H,5-8,10,12H2/b3-1-,4-2+,11-9?. The van der Waals surface area contributed by atoms with Crippen LogP contribution in [0.3, 0.4) is 0 Å². The third-order valence-corrected chi connectivity index (χ3v) is 1.95. The van der Waals surface area contributed by atoms with E-state index in [1.54, 1.807) is 0 Å². The summed E-state index contributed by atoms with van der Waals surface area (Å²) < 4.78 is 0. The van der Waals surface area contributed by atoms with Gasteiger partial charge in [0.1, 0.15) is 0 Å². The Kier molecular flexibility index (Phi) is 5.35. The highest BCUT2D eigenvalue weighted by atomic mass is 13.9. The van der Waals surface area contributed by atoms with Crippen molar-refractivity contribution < 1.29 is 0 Å². The largest absolute Gasteiger partial charge is 0.0845 e. The molecule has 1 rings (SSSR count). The van der Waals surface area contributed by atoms with Crippen molar-refractivity contribution >= 4 is 0 Å². The zero-order valence-corrected chi connectivity index (χ0v) is 7.63. The van der Waals surface area contributed by atoms with Gasteiger partial charge >= 0.3 is 0 Å². The van der Waals surface area contributed by atoms with Crippen molar-refractivity contribution in [2.24, 2.45) is 0 Å². The van der Waals surface area contributed by atoms with Gasteiger partial charge in [0.05, 0.1) is 0 Å². The minimum Gasteiger partial charge on any atom is -0.0845 e. The molecule has 1 aliphatic carbocycles. The van der Waals surface area contributed by atoms with Gasteiger partial charge in [-0.05, 0) is 44.6 Å². The Morgan fingerprint density at radius 2 is 1.67 bits per heavy atom. The van der Waals surface area contributed by atoms with Gasteiger partial charge in [0.15, 0.2) is 0 Å². The number of hydrogen-bond acceptors (Lipinski definition) is 0. The highest BCUT2D eigenvalue weighted by Gasteiger charge is 1.84. The van der Waals surface area contributed by atoms with E-state index < -0.39 is 0 Å². The topological polar surface area (TPSA) is 0 Å². The quantitative estimate of drug-likeness (QED) is 0.506. The van der Waals surface area contributed by atoms with Crippen LogP contribution >= 0.6 is 0 Å². The zero-order valence-electron chi connectivity index (χ0n) is 7.63. The molecule has 1 aliphatic rings. The lowest BCUT2D eigenvalue weighted by Gasteiger charge is -1.93. The van der Waals surface area contributed by atoms with Crippen molar-refractivity contribution in [3.63, 3.8) is 0 Å². The Morgan fingerprint density at radius 3 is 2.58 bits per heavy atom. The summed E-state index contributed by atoms with van der Waals surface area (Å²) in [6.45, 7) is 0. The van der Waals surface area contributed by atoms with E-state index in [4.69, 9.17) is 0 Å². The van der Waals surface area contributed by atoms with Gasteiger partial charge in [-0.2, -0.15) is 0 Å². The Morgan fingerprint density at radius 1 is 0.833 bits per heavy atom. The normalized spacial score (nSPS) is 28.0. The molecule has 0 aromatic heterocycles. The van der Waals surface area contributed by atoms with Gasteiger partial charge in [-0.25, -0.2) is 0 Å². The van der Waals surface area contributed by atoms with E-state index in [1.807, 2.05) is 0 Å². The van der Waals surface area contributed by atoms with E-state index >= 15 is 0 Å². The molecule has 0 aromatic carbocycles. The lowest BCUT2D eigenvalue weighted by atomic mass is 10.1. The molecule has 65 valence electrons. The van der Waals surface area contributed by atoms with Crippen LogP contribution in [-0.2, 0) is 0 Å². The first kappa shape index (κ1) is 9.31. The van der Waals surface area contributed by atoms with Crippen LogP contribution < -0.4 is 0 Å². The first-order valence-electron chi connectivity index (χ1n) is 4.87. The molecule has 0 heteroatoms. The van der Waals surface area contributed by atoms with Gasteiger partial charge < -0.3 is 0 Å². The maximum Gasteiger partial charge on any atom is -0.0279 e. The molecule has 12 heavy (non-hydrogen) atoms. The minimum atomic E-state index is 1.14. The summed E-state index contributed by atoms with van der Waals surface area (Å²) in [5.74, 6) is 0. The van der Waals surface area contributed by atoms with Crippen LogP contribution in [0.1, 0.15) is 38.5 Å². The molecule has 0 N–H and O–H groups in total. The van der Waals surface area contributed by atoms with Crippen molar-refractivity contribution in [2.45, 2.75) is 38.5 Å². The monoisotopic (exact) mass is 161 g/mol. The van der Waals surface area contributed by atoms with Gasteiger partial charge in [-0.15, -0.1) is 0 Å². The van der Waals surface area contributed by atoms with Crippen LogP contribution in [-0.4, -0.2) is 0 Å². The molecule has 0 aromatic rings. The molecular formula is C12H17. The number of rotatable bonds is 0. The van der Waals surface area contributed by atoms with Gasteiger partial charge in [-0.3, -0.25) is 0 Å². The summed E-state index contributed by atoms with van der Waals surface area (Å²) in [6, 6.07) is 0. The Balaban J connectivity index is 2.31. The molecule has 0 fully saturated rings. The molecule has 0 nitrogen and oxygen atoms in total. The first-order valence-corrected chi connectivity index (χ1v) is 4.87. The van der Waals surface area contributed by atoms with Crippen LogP contribution in [0.5, 0.6) is 0 Å². The molecular weight excluding hydrogens is 144 g/mol. The van der Waals surface area contributed by atoms with Crippen LogP contribution in [0.4, 0.5) is 0 Å². The average Bonchev–Trinajstić information content (AvgIpc) is 2.05. The van der Waals surface area contributed by atoms with Crippen LogP contribution in [0.25, 0.3) is 0 Å². The zero-order chi connectivity index (χ0) is 8.49. The second kappa shape index (κ2) is 6.90. The van der Waals surface area contributed by atoms with Crippen molar-refractivity contribution in [1.29, 1.82) is 0 Å². The fourth-order valence-corrected chi connectivity index (χ4v) is 1.22. The maximum absolute atomic E-state index is 3.32. The average molecular weight is 161 g/mol.